The molecule has 0 amide bonds. The van der Waals surface area contributed by atoms with Gasteiger partial charge in [-0.25, -0.2) is 0 Å². The number of hydrogen-bond donors (Lipinski definition) is 2. The van der Waals surface area contributed by atoms with E-state index in [1.807, 2.05) is 0 Å². The van der Waals surface area contributed by atoms with Crippen molar-refractivity contribution in [3.63, 3.8) is 0 Å². The first-order valence-electron chi connectivity index (χ1n) is 15.2. The van der Waals surface area contributed by atoms with E-state index >= 15 is 0 Å². The van der Waals surface area contributed by atoms with Gasteiger partial charge in [-0.1, -0.05) is 66.8 Å². The van der Waals surface area contributed by atoms with Crippen LogP contribution in [0.5, 0.6) is 0 Å². The fourth-order valence-electron chi connectivity index (χ4n) is 8.50. The second-order valence-corrected chi connectivity index (χ2v) is 12.2. The van der Waals surface area contributed by atoms with Gasteiger partial charge in [0.2, 0.25) is 0 Å². The van der Waals surface area contributed by atoms with Crippen LogP contribution in [-0.4, -0.2) is 31.8 Å². The maximum atomic E-state index is 4.22. The lowest BCUT2D eigenvalue weighted by Crippen LogP contribution is -2.55. The molecule has 3 heteroatoms. The van der Waals surface area contributed by atoms with E-state index in [1.165, 1.54) is 69.0 Å². The first-order chi connectivity index (χ1) is 18.8. The monoisotopic (exact) mass is 505 g/mol. The predicted molar refractivity (Wildman–Crippen MR) is 159 cm³/mol. The second-order valence-electron chi connectivity index (χ2n) is 12.2. The van der Waals surface area contributed by atoms with Crippen LogP contribution in [0.25, 0.3) is 0 Å². The molecule has 6 unspecified atom stereocenters. The quantitative estimate of drug-likeness (QED) is 0.404. The highest BCUT2D eigenvalue weighted by atomic mass is 15.3. The van der Waals surface area contributed by atoms with Crippen molar-refractivity contribution in [3.8, 4) is 0 Å². The highest BCUT2D eigenvalue weighted by Crippen LogP contribution is 2.46. The largest absolute Gasteiger partial charge is 0.355 e. The molecule has 0 saturated heterocycles. The van der Waals surface area contributed by atoms with Crippen LogP contribution in [0.4, 0.5) is 5.69 Å². The van der Waals surface area contributed by atoms with Crippen LogP contribution in [0.1, 0.15) is 69.3 Å². The van der Waals surface area contributed by atoms with Gasteiger partial charge in [0.15, 0.2) is 0 Å². The zero-order valence-electron chi connectivity index (χ0n) is 22.9. The zero-order chi connectivity index (χ0) is 25.5. The van der Waals surface area contributed by atoms with Crippen LogP contribution < -0.4 is 15.5 Å². The third-order valence-electron chi connectivity index (χ3n) is 10.3. The Hall–Kier alpha value is -2.62. The number of allylic oxidation sites excluding steroid dienone is 9. The topological polar surface area (TPSA) is 27.3 Å². The minimum atomic E-state index is 0.428. The maximum absolute atomic E-state index is 4.22. The third-order valence-corrected chi connectivity index (χ3v) is 10.3. The van der Waals surface area contributed by atoms with Crippen molar-refractivity contribution in [3.05, 3.63) is 101 Å². The highest BCUT2D eigenvalue weighted by molar-refractivity contribution is 5.63. The van der Waals surface area contributed by atoms with Gasteiger partial charge in [0.1, 0.15) is 0 Å². The van der Waals surface area contributed by atoms with Gasteiger partial charge >= 0.3 is 0 Å². The Kier molecular flexibility index (Phi) is 6.75. The van der Waals surface area contributed by atoms with E-state index in [0.29, 0.717) is 35.9 Å². The standard InChI is InChI=1S/C35H43N3/c1-36-34(27-19-18-24-10-2-3-12-26(24)22-27)31-21-20-25-11-4-5-13-28(25)35(31)37-23-38-32-16-8-6-14-29(32)30-15-7-9-17-33(30)38/h3-4,6-8,11-12,14-16,18-19,27,30-31,33-37H,2,5,9-10,13,17,20-23H2,1H3. The van der Waals surface area contributed by atoms with Gasteiger partial charge in [-0.3, -0.25) is 5.32 Å². The molecule has 1 aliphatic heterocycles. The van der Waals surface area contributed by atoms with E-state index in [4.69, 9.17) is 0 Å². The summed E-state index contributed by atoms with van der Waals surface area (Å²) in [6, 6.07) is 10.6. The van der Waals surface area contributed by atoms with Crippen molar-refractivity contribution >= 4 is 5.69 Å². The molecule has 198 valence electrons. The van der Waals surface area contributed by atoms with E-state index in [-0.39, 0.29) is 0 Å². The Morgan fingerprint density at radius 1 is 0.868 bits per heavy atom. The van der Waals surface area contributed by atoms with Crippen LogP contribution in [0.3, 0.4) is 0 Å². The first-order valence-corrected chi connectivity index (χ1v) is 15.2. The average Bonchev–Trinajstić information content (AvgIpc) is 3.30. The van der Waals surface area contributed by atoms with Gasteiger partial charge in [-0.15, -0.1) is 0 Å². The fraction of sp³-hybridized carbons (Fsp3) is 0.486. The molecule has 38 heavy (non-hydrogen) atoms. The number of anilines is 1. The van der Waals surface area contributed by atoms with Crippen LogP contribution in [0.15, 0.2) is 95.2 Å². The molecule has 0 spiro atoms. The van der Waals surface area contributed by atoms with Crippen molar-refractivity contribution in [1.29, 1.82) is 0 Å². The third kappa shape index (κ3) is 4.28. The predicted octanol–water partition coefficient (Wildman–Crippen LogP) is 7.09. The Bertz CT molecular complexity index is 1240. The number of para-hydroxylation sites is 1. The number of nitrogens with one attached hydrogen (secondary N) is 2. The first kappa shape index (κ1) is 24.4. The zero-order valence-corrected chi connectivity index (χ0v) is 22.9. The summed E-state index contributed by atoms with van der Waals surface area (Å²) in [6.45, 7) is 0.933. The summed E-state index contributed by atoms with van der Waals surface area (Å²) in [5.74, 6) is 1.69. The molecule has 0 radical (unpaired) electrons. The Morgan fingerprint density at radius 3 is 2.66 bits per heavy atom. The summed E-state index contributed by atoms with van der Waals surface area (Å²) in [6.07, 6.45) is 30.4. The van der Waals surface area contributed by atoms with E-state index in [2.05, 4.69) is 95.5 Å². The molecule has 6 atom stereocenters. The summed E-state index contributed by atoms with van der Waals surface area (Å²) in [5.41, 5.74) is 9.41. The number of benzene rings is 1. The van der Waals surface area contributed by atoms with Crippen molar-refractivity contribution in [2.75, 3.05) is 18.6 Å². The molecule has 2 N–H and O–H groups in total. The summed E-state index contributed by atoms with van der Waals surface area (Å²) in [4.78, 5) is 2.70. The number of hydrogen-bond acceptors (Lipinski definition) is 3. The average molecular weight is 506 g/mol. The second kappa shape index (κ2) is 10.5. The highest BCUT2D eigenvalue weighted by Gasteiger charge is 2.41. The van der Waals surface area contributed by atoms with Gasteiger partial charge in [0.05, 0.1) is 6.67 Å². The molecule has 5 aliphatic carbocycles. The van der Waals surface area contributed by atoms with Gasteiger partial charge in [-0.2, -0.15) is 0 Å². The van der Waals surface area contributed by atoms with E-state index < -0.39 is 0 Å². The maximum Gasteiger partial charge on any atom is 0.0690 e. The molecular formula is C35H43N3. The molecular weight excluding hydrogens is 462 g/mol. The van der Waals surface area contributed by atoms with Gasteiger partial charge < -0.3 is 10.2 Å². The number of nitrogens with zero attached hydrogens (tertiary/aromatic N) is 1. The molecule has 6 aliphatic rings. The molecule has 0 saturated carbocycles. The Balaban J connectivity index is 1.16. The smallest absolute Gasteiger partial charge is 0.0690 e. The fourth-order valence-corrected chi connectivity index (χ4v) is 8.50. The minimum absolute atomic E-state index is 0.428. The van der Waals surface area contributed by atoms with Crippen molar-refractivity contribution in [2.24, 2.45) is 11.8 Å². The number of rotatable bonds is 6. The molecule has 0 fully saturated rings. The molecule has 1 heterocycles. The molecule has 0 bridgehead atoms. The summed E-state index contributed by atoms with van der Waals surface area (Å²) in [7, 11) is 2.20. The van der Waals surface area contributed by atoms with Crippen LogP contribution in [-0.2, 0) is 0 Å². The van der Waals surface area contributed by atoms with E-state index in [0.717, 1.165) is 6.67 Å². The molecule has 1 aromatic carbocycles. The molecule has 7 rings (SSSR count). The van der Waals surface area contributed by atoms with E-state index in [1.54, 1.807) is 22.3 Å². The van der Waals surface area contributed by atoms with Gasteiger partial charge in [-0.05, 0) is 111 Å². The lowest BCUT2D eigenvalue weighted by Gasteiger charge is -2.45. The Labute approximate surface area is 229 Å². The normalized spacial score (nSPS) is 32.2. The van der Waals surface area contributed by atoms with Crippen molar-refractivity contribution in [2.45, 2.75) is 81.8 Å². The SMILES string of the molecule is CNC(C1C=CC2=C(C=CCC2)C1)C1CCC2=C(CCC=C2)C1NCN1c2ccccc2C2C=CCCC21. The van der Waals surface area contributed by atoms with Gasteiger partial charge in [0, 0.05) is 29.7 Å². The number of fused-ring (bicyclic) bond motifs is 3. The summed E-state index contributed by atoms with van der Waals surface area (Å²) >= 11 is 0. The molecule has 0 aromatic heterocycles. The lowest BCUT2D eigenvalue weighted by molar-refractivity contribution is 0.225. The van der Waals surface area contributed by atoms with Crippen LogP contribution in [0.2, 0.25) is 0 Å². The van der Waals surface area contributed by atoms with Crippen LogP contribution in [0, 0.1) is 11.8 Å². The van der Waals surface area contributed by atoms with Crippen molar-refractivity contribution in [1.82, 2.24) is 10.6 Å². The minimum Gasteiger partial charge on any atom is -0.355 e. The Morgan fingerprint density at radius 2 is 1.74 bits per heavy atom. The molecule has 1 aromatic rings. The van der Waals surface area contributed by atoms with E-state index in [9.17, 15) is 0 Å². The molecule has 3 nitrogen and oxygen atoms in total. The van der Waals surface area contributed by atoms with Gasteiger partial charge in [0.25, 0.3) is 0 Å². The van der Waals surface area contributed by atoms with Crippen molar-refractivity contribution < 1.29 is 0 Å². The summed E-state index contributed by atoms with van der Waals surface area (Å²) < 4.78 is 0. The lowest BCUT2D eigenvalue weighted by atomic mass is 9.68. The van der Waals surface area contributed by atoms with Crippen LogP contribution >= 0.6 is 0 Å². The summed E-state index contributed by atoms with van der Waals surface area (Å²) in [5, 5.41) is 8.07.